The summed E-state index contributed by atoms with van der Waals surface area (Å²) in [5, 5.41) is 45.3. The first-order valence-corrected chi connectivity index (χ1v) is 17.6. The first-order valence-electron chi connectivity index (χ1n) is 17.6. The number of likely N-dealkylation sites (N-methyl/N-ethyl adjacent to an activating group) is 1. The fraction of sp³-hybridized carbons (Fsp3) is 0.853. The van der Waals surface area contributed by atoms with Crippen LogP contribution in [0.15, 0.2) is 11.8 Å². The third kappa shape index (κ3) is 11.1. The quantitative estimate of drug-likeness (QED) is 0.170. The summed E-state index contributed by atoms with van der Waals surface area (Å²) in [4.78, 5) is 38.9. The molecule has 4 aliphatic rings. The van der Waals surface area contributed by atoms with Crippen LogP contribution in [0.5, 0.6) is 0 Å². The minimum absolute atomic E-state index is 0.0157. The fourth-order valence-corrected chi connectivity index (χ4v) is 6.58. The van der Waals surface area contributed by atoms with Crippen molar-refractivity contribution in [1.82, 2.24) is 21.3 Å². The Morgan fingerprint density at radius 1 is 0.920 bits per heavy atom. The molecule has 0 spiro atoms. The Morgan fingerprint density at radius 2 is 1.52 bits per heavy atom. The molecule has 2 heterocycles. The summed E-state index contributed by atoms with van der Waals surface area (Å²) >= 11 is 0. The average molecular weight is 715 g/mol. The lowest BCUT2D eigenvalue weighted by Crippen LogP contribution is -2.70. The van der Waals surface area contributed by atoms with E-state index in [0.29, 0.717) is 38.2 Å². The molecule has 0 bridgehead atoms. The molecule has 2 aliphatic heterocycles. The molecule has 0 radical (unpaired) electrons. The van der Waals surface area contributed by atoms with Crippen molar-refractivity contribution in [2.45, 2.75) is 159 Å². The van der Waals surface area contributed by atoms with E-state index in [1.165, 1.54) is 0 Å². The molecule has 4 rings (SSSR count). The second kappa shape index (κ2) is 16.3. The summed E-state index contributed by atoms with van der Waals surface area (Å²) in [7, 11) is 1.79. The monoisotopic (exact) mass is 714 g/mol. The summed E-state index contributed by atoms with van der Waals surface area (Å²) in [6.07, 6.45) is -4.78. The molecule has 7 N–H and O–H groups in total. The number of nitrogens with one attached hydrogen (secondary N) is 4. The molecule has 1 saturated heterocycles. The van der Waals surface area contributed by atoms with Gasteiger partial charge in [0.1, 0.15) is 47.0 Å². The number of hydrogen-bond donors (Lipinski definition) is 7. The molecule has 2 saturated carbocycles. The molecule has 0 unspecified atom stereocenters. The van der Waals surface area contributed by atoms with Gasteiger partial charge in [0, 0.05) is 25.3 Å². The fourth-order valence-electron chi connectivity index (χ4n) is 6.58. The van der Waals surface area contributed by atoms with Crippen LogP contribution >= 0.6 is 0 Å². The Labute approximate surface area is 294 Å². The topological polar surface area (TPSA) is 215 Å². The second-order valence-corrected chi connectivity index (χ2v) is 16.0. The molecule has 3 amide bonds. The van der Waals surface area contributed by atoms with E-state index in [2.05, 4.69) is 21.3 Å². The van der Waals surface area contributed by atoms with Crippen LogP contribution in [0.25, 0.3) is 0 Å². The summed E-state index contributed by atoms with van der Waals surface area (Å²) in [6.45, 7) is 13.1. The number of aliphatic hydroxyl groups is 3. The Bertz CT molecular complexity index is 1210. The van der Waals surface area contributed by atoms with Gasteiger partial charge >= 0.3 is 12.2 Å². The lowest BCUT2D eigenvalue weighted by molar-refractivity contribution is -0.283. The minimum atomic E-state index is -1.83. The van der Waals surface area contributed by atoms with Crippen molar-refractivity contribution in [2.75, 3.05) is 20.2 Å². The summed E-state index contributed by atoms with van der Waals surface area (Å²) in [5.74, 6) is -0.00431. The zero-order chi connectivity index (χ0) is 37.0. The standard InChI is InChI=1S/C34H58N4O12/c1-18-12-23(39)28(45-17-18)48-27-21(37-29(41)34(44)14-19(15-34)36-30(42)49-32(2,3)4)13-22(38-31(43)50-33(5,6)7)26(25(27)40)47-24-11-9-10-20(46-24)16-35-8/h10,18-19,21-28,35,39-40,44H,9,11-17H2,1-8H3,(H,36,42)(H,37,41)(H,38,43)/t18-,19?,21+,22-,23+,24+,25-,26+,27-,28+,34?/m0/s1. The number of amides is 3. The highest BCUT2D eigenvalue weighted by Gasteiger charge is 2.54. The number of rotatable bonds is 10. The van der Waals surface area contributed by atoms with E-state index in [4.69, 9.17) is 28.4 Å². The van der Waals surface area contributed by atoms with Gasteiger partial charge in [0.05, 0.1) is 25.2 Å². The number of ether oxygens (including phenoxy) is 6. The van der Waals surface area contributed by atoms with Crippen LogP contribution < -0.4 is 21.3 Å². The van der Waals surface area contributed by atoms with Gasteiger partial charge in [0.15, 0.2) is 12.6 Å². The highest BCUT2D eigenvalue weighted by Crippen LogP contribution is 2.36. The molecule has 3 fully saturated rings. The molecule has 16 nitrogen and oxygen atoms in total. The van der Waals surface area contributed by atoms with E-state index < -0.39 is 90.0 Å². The zero-order valence-electron chi connectivity index (χ0n) is 30.5. The molecule has 0 aromatic heterocycles. The van der Waals surface area contributed by atoms with E-state index >= 15 is 0 Å². The van der Waals surface area contributed by atoms with Crippen molar-refractivity contribution in [2.24, 2.45) is 5.92 Å². The summed E-state index contributed by atoms with van der Waals surface area (Å²) in [6, 6.07) is -2.42. The molecule has 16 heteroatoms. The molecular formula is C34H58N4O12. The number of carbonyl (C=O) groups excluding carboxylic acids is 3. The number of alkyl carbamates (subject to hydrolysis) is 2. The van der Waals surface area contributed by atoms with Gasteiger partial charge in [-0.15, -0.1) is 0 Å². The van der Waals surface area contributed by atoms with E-state index in [9.17, 15) is 29.7 Å². The predicted octanol–water partition coefficient (Wildman–Crippen LogP) is 1.30. The number of hydrogen-bond acceptors (Lipinski definition) is 13. The maximum atomic E-state index is 13.6. The van der Waals surface area contributed by atoms with Crippen LogP contribution in [0.3, 0.4) is 0 Å². The SMILES string of the molecule is CNCC1=CCC[C@@H](O[C@H]2[C@H](O)[C@@H](O[C@H]3OC[C@@H](C)C[C@H]3O)[C@H](NC(=O)C3(O)CC(NC(=O)OC(C)(C)C)C3)C[C@@H]2NC(=O)OC(C)(C)C)O1. The summed E-state index contributed by atoms with van der Waals surface area (Å²) < 4.78 is 35.2. The maximum Gasteiger partial charge on any atom is 0.407 e. The molecule has 2 aliphatic carbocycles. The summed E-state index contributed by atoms with van der Waals surface area (Å²) in [5.41, 5.74) is -3.37. The van der Waals surface area contributed by atoms with Crippen LogP contribution in [-0.4, -0.2) is 126 Å². The predicted molar refractivity (Wildman–Crippen MR) is 178 cm³/mol. The van der Waals surface area contributed by atoms with Crippen molar-refractivity contribution in [3.8, 4) is 0 Å². The van der Waals surface area contributed by atoms with Crippen molar-refractivity contribution in [3.05, 3.63) is 11.8 Å². The Kier molecular flexibility index (Phi) is 13.1. The maximum absolute atomic E-state index is 13.6. The number of carbonyl (C=O) groups is 3. The first-order chi connectivity index (χ1) is 23.2. The van der Waals surface area contributed by atoms with Gasteiger partial charge in [-0.25, -0.2) is 9.59 Å². The number of allylic oxidation sites excluding steroid dienone is 1. The second-order valence-electron chi connectivity index (χ2n) is 16.0. The Balaban J connectivity index is 1.55. The van der Waals surface area contributed by atoms with E-state index in [1.807, 2.05) is 13.0 Å². The molecule has 0 aromatic carbocycles. The van der Waals surface area contributed by atoms with Gasteiger partial charge in [0.25, 0.3) is 5.91 Å². The van der Waals surface area contributed by atoms with Crippen molar-refractivity contribution in [3.63, 3.8) is 0 Å². The van der Waals surface area contributed by atoms with Crippen LogP contribution in [-0.2, 0) is 33.2 Å². The van der Waals surface area contributed by atoms with Crippen LogP contribution in [0.2, 0.25) is 0 Å². The smallest absolute Gasteiger partial charge is 0.407 e. The molecule has 0 aromatic rings. The first kappa shape index (κ1) is 40.0. The molecule has 9 atom stereocenters. The largest absolute Gasteiger partial charge is 0.468 e. The highest BCUT2D eigenvalue weighted by molar-refractivity contribution is 5.87. The van der Waals surface area contributed by atoms with E-state index in [1.54, 1.807) is 48.6 Å². The third-order valence-electron chi connectivity index (χ3n) is 8.82. The van der Waals surface area contributed by atoms with Crippen molar-refractivity contribution >= 4 is 18.1 Å². The van der Waals surface area contributed by atoms with Gasteiger partial charge in [-0.05, 0) is 79.8 Å². The normalized spacial score (nSPS) is 36.2. The van der Waals surface area contributed by atoms with Crippen molar-refractivity contribution < 1.29 is 58.1 Å². The zero-order valence-corrected chi connectivity index (χ0v) is 30.5. The van der Waals surface area contributed by atoms with Gasteiger partial charge in [-0.3, -0.25) is 4.79 Å². The van der Waals surface area contributed by atoms with Gasteiger partial charge in [0.2, 0.25) is 0 Å². The highest BCUT2D eigenvalue weighted by atomic mass is 16.7. The van der Waals surface area contributed by atoms with E-state index in [-0.39, 0.29) is 25.2 Å². The van der Waals surface area contributed by atoms with E-state index in [0.717, 1.165) is 0 Å². The number of aliphatic hydroxyl groups excluding tert-OH is 2. The van der Waals surface area contributed by atoms with Crippen LogP contribution in [0, 0.1) is 5.92 Å². The Morgan fingerprint density at radius 3 is 2.12 bits per heavy atom. The van der Waals surface area contributed by atoms with Gasteiger partial charge in [-0.1, -0.05) is 6.92 Å². The molecule has 286 valence electrons. The van der Waals surface area contributed by atoms with Gasteiger partial charge < -0.3 is 65.0 Å². The lowest BCUT2D eigenvalue weighted by atomic mass is 9.74. The van der Waals surface area contributed by atoms with Crippen LogP contribution in [0.1, 0.15) is 87.0 Å². The van der Waals surface area contributed by atoms with Crippen LogP contribution in [0.4, 0.5) is 9.59 Å². The lowest BCUT2D eigenvalue weighted by Gasteiger charge is -2.48. The van der Waals surface area contributed by atoms with Crippen molar-refractivity contribution in [1.29, 1.82) is 0 Å². The van der Waals surface area contributed by atoms with Gasteiger partial charge in [-0.2, -0.15) is 0 Å². The molecular weight excluding hydrogens is 656 g/mol. The average Bonchev–Trinajstić information content (AvgIpc) is 2.95. The minimum Gasteiger partial charge on any atom is -0.468 e. The Hall–Kier alpha value is -2.73. The molecule has 50 heavy (non-hydrogen) atoms. The third-order valence-corrected chi connectivity index (χ3v) is 8.82.